The lowest BCUT2D eigenvalue weighted by molar-refractivity contribution is -0.146. The van der Waals surface area contributed by atoms with Gasteiger partial charge in [-0.15, -0.1) is 0 Å². The van der Waals surface area contributed by atoms with Crippen LogP contribution in [0.5, 0.6) is 0 Å². The molecule has 0 aromatic heterocycles. The minimum atomic E-state index is -0.244. The molecule has 0 bridgehead atoms. The fourth-order valence-corrected chi connectivity index (χ4v) is 2.91. The van der Waals surface area contributed by atoms with Gasteiger partial charge in [0.25, 0.3) is 0 Å². The van der Waals surface area contributed by atoms with E-state index in [1.165, 1.54) is 0 Å². The number of halogens is 1. The predicted octanol–water partition coefficient (Wildman–Crippen LogP) is 1.30. The first-order valence-corrected chi connectivity index (χ1v) is 7.44. The molecule has 1 atom stereocenters. The second kappa shape index (κ2) is 6.03. The molecule has 2 fully saturated rings. The molecule has 21 heavy (non-hydrogen) atoms. The Hall–Kier alpha value is -1.59. The molecule has 112 valence electrons. The van der Waals surface area contributed by atoms with Gasteiger partial charge in [0.2, 0.25) is 5.91 Å². The Labute approximate surface area is 128 Å². The van der Waals surface area contributed by atoms with E-state index in [1.807, 2.05) is 34.1 Å². The van der Waals surface area contributed by atoms with Crippen LogP contribution in [-0.2, 0) is 20.9 Å². The summed E-state index contributed by atoms with van der Waals surface area (Å²) in [7, 11) is 0. The number of rotatable bonds is 3. The van der Waals surface area contributed by atoms with E-state index in [1.54, 1.807) is 0 Å². The van der Waals surface area contributed by atoms with E-state index < -0.39 is 0 Å². The number of nitrogens with zero attached hydrogens (tertiary/aromatic N) is 2. The van der Waals surface area contributed by atoms with Crippen molar-refractivity contribution < 1.29 is 14.3 Å². The first kappa shape index (κ1) is 14.4. The van der Waals surface area contributed by atoms with Gasteiger partial charge < -0.3 is 9.64 Å². The molecule has 5 nitrogen and oxygen atoms in total. The number of carbonyl (C=O) groups excluding carboxylic acids is 2. The van der Waals surface area contributed by atoms with E-state index in [0.717, 1.165) is 5.56 Å². The monoisotopic (exact) mass is 308 g/mol. The van der Waals surface area contributed by atoms with Crippen molar-refractivity contribution in [3.8, 4) is 0 Å². The standard InChI is InChI=1S/C15H17ClN2O3/c16-12-3-1-11(2-4-12)9-18-7-6-17(10-14(18)19)13-5-8-21-15(13)20/h1-4,13H,5-10H2/t13-/m1/s1. The number of esters is 1. The Bertz CT molecular complexity index is 546. The summed E-state index contributed by atoms with van der Waals surface area (Å²) in [5, 5.41) is 0.689. The number of piperazine rings is 1. The van der Waals surface area contributed by atoms with Crippen molar-refractivity contribution in [2.24, 2.45) is 0 Å². The van der Waals surface area contributed by atoms with Crippen LogP contribution in [0.25, 0.3) is 0 Å². The van der Waals surface area contributed by atoms with Crippen molar-refractivity contribution in [1.29, 1.82) is 0 Å². The zero-order chi connectivity index (χ0) is 14.8. The first-order valence-electron chi connectivity index (χ1n) is 7.06. The maximum Gasteiger partial charge on any atom is 0.323 e. The summed E-state index contributed by atoms with van der Waals surface area (Å²) >= 11 is 5.86. The van der Waals surface area contributed by atoms with Crippen LogP contribution < -0.4 is 0 Å². The van der Waals surface area contributed by atoms with Crippen molar-refractivity contribution in [2.45, 2.75) is 19.0 Å². The third-order valence-corrected chi connectivity index (χ3v) is 4.24. The zero-order valence-corrected chi connectivity index (χ0v) is 12.4. The second-order valence-electron chi connectivity index (χ2n) is 5.38. The minimum absolute atomic E-state index is 0.0518. The van der Waals surface area contributed by atoms with Crippen molar-refractivity contribution in [3.05, 3.63) is 34.9 Å². The van der Waals surface area contributed by atoms with E-state index in [4.69, 9.17) is 16.3 Å². The number of hydrogen-bond donors (Lipinski definition) is 0. The highest BCUT2D eigenvalue weighted by atomic mass is 35.5. The molecule has 0 N–H and O–H groups in total. The third-order valence-electron chi connectivity index (χ3n) is 3.98. The summed E-state index contributed by atoms with van der Waals surface area (Å²) in [4.78, 5) is 27.6. The van der Waals surface area contributed by atoms with E-state index in [9.17, 15) is 9.59 Å². The van der Waals surface area contributed by atoms with Gasteiger partial charge in [0, 0.05) is 31.1 Å². The Morgan fingerprint density at radius 3 is 2.57 bits per heavy atom. The minimum Gasteiger partial charge on any atom is -0.464 e. The SMILES string of the molecule is O=C1OCC[C@H]1N1CCN(Cc2ccc(Cl)cc2)C(=O)C1. The normalized spacial score (nSPS) is 23.5. The quantitative estimate of drug-likeness (QED) is 0.790. The molecule has 2 saturated heterocycles. The molecule has 2 aliphatic heterocycles. The fourth-order valence-electron chi connectivity index (χ4n) is 2.79. The van der Waals surface area contributed by atoms with Crippen molar-refractivity contribution in [3.63, 3.8) is 0 Å². The molecular formula is C15H17ClN2O3. The van der Waals surface area contributed by atoms with Gasteiger partial charge in [-0.2, -0.15) is 0 Å². The van der Waals surface area contributed by atoms with Gasteiger partial charge in [0.05, 0.1) is 13.2 Å². The zero-order valence-electron chi connectivity index (χ0n) is 11.6. The van der Waals surface area contributed by atoms with Crippen LogP contribution >= 0.6 is 11.6 Å². The lowest BCUT2D eigenvalue weighted by Crippen LogP contribution is -2.54. The average molecular weight is 309 g/mol. The molecule has 0 spiro atoms. The van der Waals surface area contributed by atoms with E-state index in [2.05, 4.69) is 0 Å². The topological polar surface area (TPSA) is 49.9 Å². The molecule has 6 heteroatoms. The van der Waals surface area contributed by atoms with Crippen molar-refractivity contribution >= 4 is 23.5 Å². The van der Waals surface area contributed by atoms with Gasteiger partial charge in [0.15, 0.2) is 0 Å². The van der Waals surface area contributed by atoms with Crippen LogP contribution in [0.15, 0.2) is 24.3 Å². The highest BCUT2D eigenvalue weighted by molar-refractivity contribution is 6.30. The van der Waals surface area contributed by atoms with Gasteiger partial charge in [-0.05, 0) is 17.7 Å². The van der Waals surface area contributed by atoms with Crippen molar-refractivity contribution in [1.82, 2.24) is 9.80 Å². The van der Waals surface area contributed by atoms with Crippen LogP contribution in [-0.4, -0.2) is 54.0 Å². The first-order chi connectivity index (χ1) is 10.1. The number of hydrogen-bond acceptors (Lipinski definition) is 4. The molecular weight excluding hydrogens is 292 g/mol. The number of amides is 1. The number of benzene rings is 1. The van der Waals surface area contributed by atoms with Crippen molar-refractivity contribution in [2.75, 3.05) is 26.2 Å². The second-order valence-corrected chi connectivity index (χ2v) is 5.82. The predicted molar refractivity (Wildman–Crippen MR) is 77.8 cm³/mol. The fraction of sp³-hybridized carbons (Fsp3) is 0.467. The van der Waals surface area contributed by atoms with E-state index in [0.29, 0.717) is 37.7 Å². The maximum atomic E-state index is 12.2. The molecule has 1 amide bonds. The lowest BCUT2D eigenvalue weighted by Gasteiger charge is -2.36. The number of carbonyl (C=O) groups is 2. The molecule has 0 radical (unpaired) electrons. The molecule has 2 heterocycles. The third kappa shape index (κ3) is 3.19. The molecule has 1 aromatic rings. The van der Waals surface area contributed by atoms with Crippen LogP contribution in [0.3, 0.4) is 0 Å². The van der Waals surface area contributed by atoms with E-state index >= 15 is 0 Å². The maximum absolute atomic E-state index is 12.2. The largest absolute Gasteiger partial charge is 0.464 e. The number of ether oxygens (including phenoxy) is 1. The van der Waals surface area contributed by atoms with Gasteiger partial charge in [-0.3, -0.25) is 14.5 Å². The Balaban J connectivity index is 1.59. The molecule has 0 aliphatic carbocycles. The van der Waals surface area contributed by atoms with Gasteiger partial charge in [-0.1, -0.05) is 23.7 Å². The highest BCUT2D eigenvalue weighted by Crippen LogP contribution is 2.18. The lowest BCUT2D eigenvalue weighted by atomic mass is 10.1. The van der Waals surface area contributed by atoms with Crippen LogP contribution in [0.4, 0.5) is 0 Å². The smallest absolute Gasteiger partial charge is 0.323 e. The Kier molecular flexibility index (Phi) is 4.12. The molecule has 2 aliphatic rings. The summed E-state index contributed by atoms with van der Waals surface area (Å²) in [6, 6.07) is 7.26. The molecule has 0 saturated carbocycles. The van der Waals surface area contributed by atoms with Gasteiger partial charge in [-0.25, -0.2) is 0 Å². The molecule has 3 rings (SSSR count). The highest BCUT2D eigenvalue weighted by Gasteiger charge is 2.36. The average Bonchev–Trinajstić information content (AvgIpc) is 2.90. The van der Waals surface area contributed by atoms with Crippen LogP contribution in [0.2, 0.25) is 5.02 Å². The van der Waals surface area contributed by atoms with Crippen LogP contribution in [0, 0.1) is 0 Å². The van der Waals surface area contributed by atoms with Gasteiger partial charge >= 0.3 is 5.97 Å². The number of cyclic esters (lactones) is 1. The van der Waals surface area contributed by atoms with E-state index in [-0.39, 0.29) is 24.5 Å². The molecule has 1 aromatic carbocycles. The Morgan fingerprint density at radius 2 is 1.95 bits per heavy atom. The molecule has 0 unspecified atom stereocenters. The Morgan fingerprint density at radius 1 is 1.19 bits per heavy atom. The summed E-state index contributed by atoms with van der Waals surface area (Å²) < 4.78 is 4.97. The van der Waals surface area contributed by atoms with Crippen LogP contribution in [0.1, 0.15) is 12.0 Å². The summed E-state index contributed by atoms with van der Waals surface area (Å²) in [6.07, 6.45) is 0.684. The summed E-state index contributed by atoms with van der Waals surface area (Å²) in [6.45, 7) is 2.67. The summed E-state index contributed by atoms with van der Waals surface area (Å²) in [5.74, 6) is -0.148. The van der Waals surface area contributed by atoms with Gasteiger partial charge in [0.1, 0.15) is 6.04 Å². The summed E-state index contributed by atoms with van der Waals surface area (Å²) in [5.41, 5.74) is 1.06.